The van der Waals surface area contributed by atoms with Crippen molar-refractivity contribution in [3.05, 3.63) is 51.9 Å². The van der Waals surface area contributed by atoms with E-state index < -0.39 is 5.97 Å². The number of nitrogens with one attached hydrogen (secondary N) is 2. The first-order valence-corrected chi connectivity index (χ1v) is 8.41. The van der Waals surface area contributed by atoms with Gasteiger partial charge in [0.05, 0.1) is 18.8 Å². The summed E-state index contributed by atoms with van der Waals surface area (Å²) >= 11 is 6.42. The van der Waals surface area contributed by atoms with E-state index in [0.29, 0.717) is 30.2 Å². The largest absolute Gasteiger partial charge is 0.478 e. The molecule has 1 aromatic carbocycles. The summed E-state index contributed by atoms with van der Waals surface area (Å²) in [4.78, 5) is 24.5. The molecule has 8 heteroatoms. The van der Waals surface area contributed by atoms with Crippen molar-refractivity contribution in [2.75, 3.05) is 11.9 Å². The van der Waals surface area contributed by atoms with Crippen LogP contribution in [0.4, 0.5) is 5.00 Å². The van der Waals surface area contributed by atoms with Crippen molar-refractivity contribution >= 4 is 45.5 Å². The molecule has 1 amide bonds. The van der Waals surface area contributed by atoms with Gasteiger partial charge >= 0.3 is 5.97 Å². The molecule has 0 saturated carbocycles. The van der Waals surface area contributed by atoms with E-state index in [1.807, 2.05) is 6.07 Å². The second-order valence-corrected chi connectivity index (χ2v) is 6.60. The van der Waals surface area contributed by atoms with Crippen molar-refractivity contribution in [1.29, 1.82) is 0 Å². The average molecular weight is 362 g/mol. The molecule has 0 bridgehead atoms. The van der Waals surface area contributed by atoms with E-state index in [-0.39, 0.29) is 16.6 Å². The fourth-order valence-corrected chi connectivity index (χ4v) is 3.89. The number of carboxylic acid groups (broad SMARTS) is 1. The van der Waals surface area contributed by atoms with Gasteiger partial charge < -0.3 is 15.2 Å². The van der Waals surface area contributed by atoms with E-state index in [2.05, 4.69) is 10.6 Å². The van der Waals surface area contributed by atoms with E-state index in [0.717, 1.165) is 10.4 Å². The normalized spacial score (nSPS) is 13.0. The Balaban J connectivity index is 1.76. The number of carbonyl (C=O) groups is 2. The van der Waals surface area contributed by atoms with Gasteiger partial charge in [-0.3, -0.25) is 10.1 Å². The van der Waals surface area contributed by atoms with E-state index in [9.17, 15) is 14.7 Å². The summed E-state index contributed by atoms with van der Waals surface area (Å²) < 4.78 is 5.36. The van der Waals surface area contributed by atoms with Gasteiger partial charge in [-0.05, 0) is 36.3 Å². The van der Waals surface area contributed by atoms with Gasteiger partial charge in [-0.2, -0.15) is 0 Å². The summed E-state index contributed by atoms with van der Waals surface area (Å²) in [5.41, 5.74) is 1.45. The number of rotatable bonds is 3. The lowest BCUT2D eigenvalue weighted by atomic mass is 10.1. The van der Waals surface area contributed by atoms with Gasteiger partial charge in [0.1, 0.15) is 5.00 Å². The smallest absolute Gasteiger partial charge is 0.339 e. The molecule has 0 fully saturated rings. The number of thiophene rings is 1. The van der Waals surface area contributed by atoms with Gasteiger partial charge in [-0.25, -0.2) is 4.79 Å². The number of benzene rings is 1. The lowest BCUT2D eigenvalue weighted by molar-refractivity contribution is 0.0693. The van der Waals surface area contributed by atoms with Crippen molar-refractivity contribution < 1.29 is 19.4 Å². The van der Waals surface area contributed by atoms with Crippen LogP contribution in [0.15, 0.2) is 30.3 Å². The third-order valence-electron chi connectivity index (χ3n) is 3.52. The molecule has 1 aliphatic rings. The second kappa shape index (κ2) is 7.08. The van der Waals surface area contributed by atoms with E-state index >= 15 is 0 Å². The monoisotopic (exact) mass is 362 g/mol. The highest BCUT2D eigenvalue weighted by molar-refractivity contribution is 7.80. The number of thiocarbonyl (C=S) groups is 1. The SMILES string of the molecule is O=C(NC(=S)Nc1sc2c(c1C(=O)O)CCOC2)c1ccccc1. The quantitative estimate of drug-likeness (QED) is 0.728. The van der Waals surface area contributed by atoms with E-state index in [1.165, 1.54) is 11.3 Å². The number of ether oxygens (including phenoxy) is 1. The molecule has 1 aliphatic heterocycles. The molecule has 124 valence electrons. The van der Waals surface area contributed by atoms with Crippen molar-refractivity contribution in [1.82, 2.24) is 5.32 Å². The number of anilines is 1. The second-order valence-electron chi connectivity index (χ2n) is 5.09. The molecule has 0 unspecified atom stereocenters. The minimum atomic E-state index is -1.02. The summed E-state index contributed by atoms with van der Waals surface area (Å²) in [6.45, 7) is 0.893. The first-order valence-electron chi connectivity index (χ1n) is 7.19. The maximum Gasteiger partial charge on any atom is 0.339 e. The van der Waals surface area contributed by atoms with Gasteiger partial charge in [0.25, 0.3) is 5.91 Å². The maximum atomic E-state index is 12.1. The molecule has 3 N–H and O–H groups in total. The fourth-order valence-electron chi connectivity index (χ4n) is 2.45. The van der Waals surface area contributed by atoms with Crippen LogP contribution >= 0.6 is 23.6 Å². The zero-order valence-electron chi connectivity index (χ0n) is 12.5. The molecule has 3 rings (SSSR count). The number of hydrogen-bond acceptors (Lipinski definition) is 5. The van der Waals surface area contributed by atoms with Crippen LogP contribution in [0.25, 0.3) is 0 Å². The molecule has 0 atom stereocenters. The summed E-state index contributed by atoms with van der Waals surface area (Å²) in [5.74, 6) is -1.37. The van der Waals surface area contributed by atoms with E-state index in [1.54, 1.807) is 24.3 Å². The van der Waals surface area contributed by atoms with E-state index in [4.69, 9.17) is 17.0 Å². The lowest BCUT2D eigenvalue weighted by Gasteiger charge is -2.12. The van der Waals surface area contributed by atoms with Gasteiger partial charge in [0.15, 0.2) is 5.11 Å². The van der Waals surface area contributed by atoms with Gasteiger partial charge in [-0.15, -0.1) is 11.3 Å². The van der Waals surface area contributed by atoms with Crippen molar-refractivity contribution in [3.8, 4) is 0 Å². The third kappa shape index (κ3) is 3.45. The number of amides is 1. The van der Waals surface area contributed by atoms with Crippen LogP contribution in [0.2, 0.25) is 0 Å². The Kier molecular flexibility index (Phi) is 4.89. The Morgan fingerprint density at radius 2 is 2.00 bits per heavy atom. The molecular weight excluding hydrogens is 348 g/mol. The maximum absolute atomic E-state index is 12.1. The summed E-state index contributed by atoms with van der Waals surface area (Å²) in [6.07, 6.45) is 0.554. The molecule has 0 saturated heterocycles. The Morgan fingerprint density at radius 3 is 2.71 bits per heavy atom. The molecule has 0 radical (unpaired) electrons. The van der Waals surface area contributed by atoms with Gasteiger partial charge in [-0.1, -0.05) is 18.2 Å². The molecule has 0 aliphatic carbocycles. The van der Waals surface area contributed by atoms with Crippen LogP contribution in [-0.4, -0.2) is 28.7 Å². The number of aromatic carboxylic acids is 1. The highest BCUT2D eigenvalue weighted by Gasteiger charge is 2.26. The van der Waals surface area contributed by atoms with Crippen LogP contribution in [0.1, 0.15) is 31.2 Å². The van der Waals surface area contributed by atoms with Gasteiger partial charge in [0.2, 0.25) is 0 Å². The average Bonchev–Trinajstić information content (AvgIpc) is 2.93. The molecule has 0 spiro atoms. The molecule has 6 nitrogen and oxygen atoms in total. The standard InChI is InChI=1S/C16H14N2O4S2/c19-13(9-4-2-1-3-5-9)17-16(23)18-14-12(15(20)21)10-6-7-22-8-11(10)24-14/h1-5H,6-8H2,(H,20,21)(H2,17,18,19,23). The third-order valence-corrected chi connectivity index (χ3v) is 4.85. The Morgan fingerprint density at radius 1 is 1.25 bits per heavy atom. The van der Waals surface area contributed by atoms with Crippen molar-refractivity contribution in [2.24, 2.45) is 0 Å². The zero-order chi connectivity index (χ0) is 17.1. The fraction of sp³-hybridized carbons (Fsp3) is 0.188. The number of carboxylic acids is 1. The van der Waals surface area contributed by atoms with Crippen molar-refractivity contribution in [3.63, 3.8) is 0 Å². The number of hydrogen-bond donors (Lipinski definition) is 3. The Hall–Kier alpha value is -2.29. The van der Waals surface area contributed by atoms with Crippen LogP contribution in [0.3, 0.4) is 0 Å². The van der Waals surface area contributed by atoms with Gasteiger partial charge in [0, 0.05) is 10.4 Å². The Bertz CT molecular complexity index is 802. The summed E-state index contributed by atoms with van der Waals surface area (Å²) in [5, 5.41) is 15.3. The molecule has 24 heavy (non-hydrogen) atoms. The predicted molar refractivity (Wildman–Crippen MR) is 94.8 cm³/mol. The minimum absolute atomic E-state index is 0.0610. The minimum Gasteiger partial charge on any atom is -0.478 e. The number of fused-ring (bicyclic) bond motifs is 1. The molecule has 2 heterocycles. The highest BCUT2D eigenvalue weighted by atomic mass is 32.1. The van der Waals surface area contributed by atoms with Crippen LogP contribution in [0, 0.1) is 0 Å². The zero-order valence-corrected chi connectivity index (χ0v) is 14.1. The summed E-state index contributed by atoms with van der Waals surface area (Å²) in [6, 6.07) is 8.65. The van der Waals surface area contributed by atoms with Crippen LogP contribution in [0.5, 0.6) is 0 Å². The first-order chi connectivity index (χ1) is 11.6. The van der Waals surface area contributed by atoms with Crippen LogP contribution < -0.4 is 10.6 Å². The molecule has 2 aromatic rings. The predicted octanol–water partition coefficient (Wildman–Crippen LogP) is 2.65. The van der Waals surface area contributed by atoms with Crippen LogP contribution in [-0.2, 0) is 17.8 Å². The first kappa shape index (κ1) is 16.6. The lowest BCUT2D eigenvalue weighted by Crippen LogP contribution is -2.34. The highest BCUT2D eigenvalue weighted by Crippen LogP contribution is 2.36. The van der Waals surface area contributed by atoms with Crippen molar-refractivity contribution in [2.45, 2.75) is 13.0 Å². The Labute approximate surface area is 147 Å². The number of carbonyl (C=O) groups excluding carboxylic acids is 1. The summed E-state index contributed by atoms with van der Waals surface area (Å²) in [7, 11) is 0. The topological polar surface area (TPSA) is 87.7 Å². The molecule has 1 aromatic heterocycles. The molecular formula is C16H14N2O4S2.